The van der Waals surface area contributed by atoms with Gasteiger partial charge in [-0.25, -0.2) is 5.43 Å². The Bertz CT molecular complexity index is 101. The summed E-state index contributed by atoms with van der Waals surface area (Å²) in [6.07, 6.45) is 1.77. The SMILES string of the molecule is C=CN(NC)C1COC1. The molecule has 1 rings (SSSR count). The maximum Gasteiger partial charge on any atom is 0.0914 e. The Morgan fingerprint density at radius 3 is 2.56 bits per heavy atom. The Morgan fingerprint density at radius 2 is 2.44 bits per heavy atom. The average molecular weight is 128 g/mol. The van der Waals surface area contributed by atoms with E-state index in [1.54, 1.807) is 6.20 Å². The van der Waals surface area contributed by atoms with Gasteiger partial charge >= 0.3 is 0 Å². The summed E-state index contributed by atoms with van der Waals surface area (Å²) in [6, 6.07) is 0.493. The van der Waals surface area contributed by atoms with Gasteiger partial charge in [-0.3, -0.25) is 0 Å². The maximum absolute atomic E-state index is 4.99. The second-order valence-electron chi connectivity index (χ2n) is 2.00. The first kappa shape index (κ1) is 6.58. The highest BCUT2D eigenvalue weighted by Gasteiger charge is 2.22. The Kier molecular flexibility index (Phi) is 2.08. The van der Waals surface area contributed by atoms with Gasteiger partial charge in [0.05, 0.1) is 19.3 Å². The number of nitrogens with zero attached hydrogens (tertiary/aromatic N) is 1. The molecule has 1 aliphatic rings. The highest BCUT2D eigenvalue weighted by molar-refractivity contribution is 4.80. The van der Waals surface area contributed by atoms with Crippen molar-refractivity contribution < 1.29 is 4.74 Å². The van der Waals surface area contributed by atoms with Gasteiger partial charge < -0.3 is 9.75 Å². The molecule has 0 saturated carbocycles. The number of hydrogen-bond donors (Lipinski definition) is 1. The highest BCUT2D eigenvalue weighted by atomic mass is 16.5. The molecule has 1 fully saturated rings. The van der Waals surface area contributed by atoms with Crippen LogP contribution < -0.4 is 5.43 Å². The summed E-state index contributed by atoms with van der Waals surface area (Å²) < 4.78 is 4.99. The van der Waals surface area contributed by atoms with Gasteiger partial charge in [-0.2, -0.15) is 0 Å². The minimum Gasteiger partial charge on any atom is -0.377 e. The Labute approximate surface area is 55.3 Å². The van der Waals surface area contributed by atoms with Crippen LogP contribution in [0.5, 0.6) is 0 Å². The lowest BCUT2D eigenvalue weighted by atomic mass is 10.2. The van der Waals surface area contributed by atoms with Crippen molar-refractivity contribution in [2.45, 2.75) is 6.04 Å². The molecule has 0 spiro atoms. The van der Waals surface area contributed by atoms with E-state index in [1.807, 2.05) is 12.1 Å². The van der Waals surface area contributed by atoms with E-state index in [-0.39, 0.29) is 0 Å². The van der Waals surface area contributed by atoms with Gasteiger partial charge in [-0.05, 0) is 0 Å². The quantitative estimate of drug-likeness (QED) is 0.540. The molecule has 52 valence electrons. The molecule has 0 atom stereocenters. The van der Waals surface area contributed by atoms with E-state index in [0.717, 1.165) is 13.2 Å². The molecule has 3 heteroatoms. The van der Waals surface area contributed by atoms with Gasteiger partial charge in [0.15, 0.2) is 0 Å². The van der Waals surface area contributed by atoms with Gasteiger partial charge in [0.1, 0.15) is 0 Å². The standard InChI is InChI=1S/C6H12N2O/c1-3-8(7-2)6-4-9-5-6/h3,6-7H,1,4-5H2,2H3. The number of nitrogens with one attached hydrogen (secondary N) is 1. The van der Waals surface area contributed by atoms with E-state index in [1.165, 1.54) is 0 Å². The third-order valence-electron chi connectivity index (χ3n) is 1.47. The molecule has 0 amide bonds. The summed E-state index contributed by atoms with van der Waals surface area (Å²) in [5.41, 5.74) is 2.99. The van der Waals surface area contributed by atoms with Gasteiger partial charge in [0.2, 0.25) is 0 Å². The predicted molar refractivity (Wildman–Crippen MR) is 35.7 cm³/mol. The fourth-order valence-corrected chi connectivity index (χ4v) is 0.807. The van der Waals surface area contributed by atoms with Gasteiger partial charge in [0.25, 0.3) is 0 Å². The van der Waals surface area contributed by atoms with E-state index >= 15 is 0 Å². The first-order valence-corrected chi connectivity index (χ1v) is 3.04. The van der Waals surface area contributed by atoms with Crippen LogP contribution >= 0.6 is 0 Å². The van der Waals surface area contributed by atoms with Crippen LogP contribution in [0.2, 0.25) is 0 Å². The molecule has 0 bridgehead atoms. The zero-order chi connectivity index (χ0) is 6.69. The zero-order valence-corrected chi connectivity index (χ0v) is 5.63. The van der Waals surface area contributed by atoms with Crippen LogP contribution in [-0.2, 0) is 4.74 Å². The first-order chi connectivity index (χ1) is 4.38. The van der Waals surface area contributed by atoms with Gasteiger partial charge in [-0.15, -0.1) is 0 Å². The topological polar surface area (TPSA) is 24.5 Å². The monoisotopic (exact) mass is 128 g/mol. The summed E-state index contributed by atoms with van der Waals surface area (Å²) >= 11 is 0. The van der Waals surface area contributed by atoms with Crippen LogP contribution in [-0.4, -0.2) is 31.3 Å². The Morgan fingerprint density at radius 1 is 1.78 bits per heavy atom. The normalized spacial score (nSPS) is 18.8. The molecule has 1 N–H and O–H groups in total. The van der Waals surface area contributed by atoms with Crippen molar-refractivity contribution in [2.75, 3.05) is 20.3 Å². The number of rotatable bonds is 3. The van der Waals surface area contributed by atoms with Crippen molar-refractivity contribution in [1.29, 1.82) is 0 Å². The molecule has 1 heterocycles. The van der Waals surface area contributed by atoms with E-state index in [0.29, 0.717) is 6.04 Å². The smallest absolute Gasteiger partial charge is 0.0914 e. The molecule has 0 unspecified atom stereocenters. The first-order valence-electron chi connectivity index (χ1n) is 3.04. The van der Waals surface area contributed by atoms with E-state index in [9.17, 15) is 0 Å². The lowest BCUT2D eigenvalue weighted by Gasteiger charge is -2.35. The van der Waals surface area contributed by atoms with E-state index < -0.39 is 0 Å². The molecule has 1 aliphatic heterocycles. The second-order valence-corrected chi connectivity index (χ2v) is 2.00. The largest absolute Gasteiger partial charge is 0.377 e. The summed E-state index contributed by atoms with van der Waals surface area (Å²) in [7, 11) is 1.88. The van der Waals surface area contributed by atoms with Crippen LogP contribution in [0.15, 0.2) is 12.8 Å². The molecule has 1 saturated heterocycles. The van der Waals surface area contributed by atoms with Crippen LogP contribution in [0.4, 0.5) is 0 Å². The molecule has 0 radical (unpaired) electrons. The van der Waals surface area contributed by atoms with Crippen LogP contribution in [0, 0.1) is 0 Å². The molecular formula is C6H12N2O. The lowest BCUT2D eigenvalue weighted by molar-refractivity contribution is -0.0612. The van der Waals surface area contributed by atoms with Crippen molar-refractivity contribution in [3.05, 3.63) is 12.8 Å². The molecule has 9 heavy (non-hydrogen) atoms. The van der Waals surface area contributed by atoms with E-state index in [2.05, 4.69) is 12.0 Å². The van der Waals surface area contributed by atoms with Crippen LogP contribution in [0.1, 0.15) is 0 Å². The summed E-state index contributed by atoms with van der Waals surface area (Å²) in [4.78, 5) is 0. The van der Waals surface area contributed by atoms with Crippen molar-refractivity contribution in [3.63, 3.8) is 0 Å². The number of hydrogen-bond acceptors (Lipinski definition) is 3. The highest BCUT2D eigenvalue weighted by Crippen LogP contribution is 2.06. The minimum absolute atomic E-state index is 0.493. The van der Waals surface area contributed by atoms with Crippen molar-refractivity contribution in [2.24, 2.45) is 0 Å². The van der Waals surface area contributed by atoms with Gasteiger partial charge in [-0.1, -0.05) is 6.58 Å². The van der Waals surface area contributed by atoms with Gasteiger partial charge in [0, 0.05) is 13.2 Å². The fraction of sp³-hybridized carbons (Fsp3) is 0.667. The zero-order valence-electron chi connectivity index (χ0n) is 5.63. The second kappa shape index (κ2) is 2.85. The maximum atomic E-state index is 4.99. The van der Waals surface area contributed by atoms with Crippen molar-refractivity contribution in [1.82, 2.24) is 10.4 Å². The molecule has 0 aromatic rings. The number of ether oxygens (including phenoxy) is 1. The molecular weight excluding hydrogens is 116 g/mol. The van der Waals surface area contributed by atoms with Crippen molar-refractivity contribution >= 4 is 0 Å². The third kappa shape index (κ3) is 1.23. The van der Waals surface area contributed by atoms with E-state index in [4.69, 9.17) is 4.74 Å². The average Bonchev–Trinajstić information content (AvgIpc) is 1.78. The molecule has 0 aromatic carbocycles. The summed E-state index contributed by atoms with van der Waals surface area (Å²) in [5, 5.41) is 1.95. The number of hydrazine groups is 1. The van der Waals surface area contributed by atoms with Crippen LogP contribution in [0.25, 0.3) is 0 Å². The molecule has 0 aliphatic carbocycles. The third-order valence-corrected chi connectivity index (χ3v) is 1.47. The summed E-state index contributed by atoms with van der Waals surface area (Å²) in [5.74, 6) is 0. The molecule has 3 nitrogen and oxygen atoms in total. The lowest BCUT2D eigenvalue weighted by Crippen LogP contribution is -2.51. The predicted octanol–water partition coefficient (Wildman–Crippen LogP) is -0.0349. The Balaban J connectivity index is 2.27. The minimum atomic E-state index is 0.493. The fourth-order valence-electron chi connectivity index (χ4n) is 0.807. The molecule has 0 aromatic heterocycles. The Hall–Kier alpha value is -0.540. The summed E-state index contributed by atoms with van der Waals surface area (Å²) in [6.45, 7) is 5.27. The van der Waals surface area contributed by atoms with Crippen molar-refractivity contribution in [3.8, 4) is 0 Å². The van der Waals surface area contributed by atoms with Crippen LogP contribution in [0.3, 0.4) is 0 Å².